The van der Waals surface area contributed by atoms with Gasteiger partial charge in [0.25, 0.3) is 5.91 Å². The summed E-state index contributed by atoms with van der Waals surface area (Å²) in [4.78, 5) is 12.1. The summed E-state index contributed by atoms with van der Waals surface area (Å²) in [7, 11) is 0. The average molecular weight is 247 g/mol. The third-order valence-corrected chi connectivity index (χ3v) is 4.29. The summed E-state index contributed by atoms with van der Waals surface area (Å²) in [6, 6.07) is 5.78. The second-order valence-corrected chi connectivity index (χ2v) is 5.90. The van der Waals surface area contributed by atoms with Crippen molar-refractivity contribution in [3.8, 4) is 0 Å². The fraction of sp³-hybridized carbons (Fsp3) is 0.533. The van der Waals surface area contributed by atoms with Gasteiger partial charge in [0.15, 0.2) is 0 Å². The van der Waals surface area contributed by atoms with Crippen LogP contribution in [0.1, 0.15) is 41.8 Å². The van der Waals surface area contributed by atoms with E-state index in [0.717, 1.165) is 5.56 Å². The van der Waals surface area contributed by atoms with E-state index < -0.39 is 0 Å². The highest BCUT2D eigenvalue weighted by atomic mass is 16.3. The predicted molar refractivity (Wildman–Crippen MR) is 71.6 cm³/mol. The van der Waals surface area contributed by atoms with Crippen molar-refractivity contribution in [2.45, 2.75) is 46.3 Å². The zero-order valence-corrected chi connectivity index (χ0v) is 11.4. The van der Waals surface area contributed by atoms with Crippen LogP contribution in [0, 0.1) is 19.3 Å². The SMILES string of the molecule is Cc1ccc(C(=O)NC2CC(O)C2(C)C)cc1C. The summed E-state index contributed by atoms with van der Waals surface area (Å²) in [5.41, 5.74) is 2.77. The lowest BCUT2D eigenvalue weighted by molar-refractivity contribution is -0.0689. The largest absolute Gasteiger partial charge is 0.392 e. The van der Waals surface area contributed by atoms with Crippen LogP contribution < -0.4 is 5.32 Å². The summed E-state index contributed by atoms with van der Waals surface area (Å²) >= 11 is 0. The minimum Gasteiger partial charge on any atom is -0.392 e. The molecule has 0 heterocycles. The van der Waals surface area contributed by atoms with E-state index in [9.17, 15) is 9.90 Å². The van der Waals surface area contributed by atoms with E-state index in [1.54, 1.807) is 0 Å². The number of nitrogens with one attached hydrogen (secondary N) is 1. The van der Waals surface area contributed by atoms with Crippen LogP contribution >= 0.6 is 0 Å². The van der Waals surface area contributed by atoms with Gasteiger partial charge in [-0.05, 0) is 43.5 Å². The van der Waals surface area contributed by atoms with Crippen molar-refractivity contribution in [3.05, 3.63) is 34.9 Å². The molecule has 1 aliphatic rings. The fourth-order valence-corrected chi connectivity index (χ4v) is 2.27. The highest BCUT2D eigenvalue weighted by molar-refractivity contribution is 5.94. The normalized spacial score (nSPS) is 25.4. The molecule has 18 heavy (non-hydrogen) atoms. The summed E-state index contributed by atoms with van der Waals surface area (Å²) in [6.45, 7) is 7.99. The smallest absolute Gasteiger partial charge is 0.251 e. The van der Waals surface area contributed by atoms with Crippen LogP contribution in [0.4, 0.5) is 0 Å². The number of carbonyl (C=O) groups excluding carboxylic acids is 1. The first-order valence-corrected chi connectivity index (χ1v) is 6.38. The zero-order chi connectivity index (χ0) is 13.5. The van der Waals surface area contributed by atoms with Crippen molar-refractivity contribution in [3.63, 3.8) is 0 Å². The number of hydrogen-bond donors (Lipinski definition) is 2. The number of aryl methyl sites for hydroxylation is 2. The Morgan fingerprint density at radius 2 is 2.00 bits per heavy atom. The van der Waals surface area contributed by atoms with Gasteiger partial charge in [-0.15, -0.1) is 0 Å². The van der Waals surface area contributed by atoms with Gasteiger partial charge in [0.1, 0.15) is 0 Å². The van der Waals surface area contributed by atoms with E-state index in [-0.39, 0.29) is 23.5 Å². The molecular formula is C15H21NO2. The minimum absolute atomic E-state index is 0.0527. The molecule has 1 aromatic carbocycles. The molecular weight excluding hydrogens is 226 g/mol. The van der Waals surface area contributed by atoms with Crippen LogP contribution in [0.2, 0.25) is 0 Å². The summed E-state index contributed by atoms with van der Waals surface area (Å²) in [5.74, 6) is -0.0527. The van der Waals surface area contributed by atoms with E-state index in [4.69, 9.17) is 0 Å². The van der Waals surface area contributed by atoms with Crippen molar-refractivity contribution < 1.29 is 9.90 Å². The lowest BCUT2D eigenvalue weighted by atomic mass is 9.64. The first-order valence-electron chi connectivity index (χ1n) is 6.38. The standard InChI is InChI=1S/C15H21NO2/c1-9-5-6-11(7-10(9)2)14(18)16-12-8-13(17)15(12,3)4/h5-7,12-13,17H,8H2,1-4H3,(H,16,18). The summed E-state index contributed by atoms with van der Waals surface area (Å²) < 4.78 is 0. The van der Waals surface area contributed by atoms with Crippen LogP contribution in [0.3, 0.4) is 0 Å². The van der Waals surface area contributed by atoms with Crippen LogP contribution in [-0.4, -0.2) is 23.2 Å². The van der Waals surface area contributed by atoms with Gasteiger partial charge in [-0.2, -0.15) is 0 Å². The third-order valence-electron chi connectivity index (χ3n) is 4.29. The third kappa shape index (κ3) is 2.15. The van der Waals surface area contributed by atoms with Crippen molar-refractivity contribution >= 4 is 5.91 Å². The molecule has 0 aromatic heterocycles. The van der Waals surface area contributed by atoms with Gasteiger partial charge >= 0.3 is 0 Å². The molecule has 3 nitrogen and oxygen atoms in total. The molecule has 0 spiro atoms. The number of aliphatic hydroxyl groups excluding tert-OH is 1. The van der Waals surface area contributed by atoms with E-state index >= 15 is 0 Å². The first-order chi connectivity index (χ1) is 8.32. The van der Waals surface area contributed by atoms with Gasteiger partial charge in [0, 0.05) is 17.0 Å². The van der Waals surface area contributed by atoms with Crippen LogP contribution in [0.15, 0.2) is 18.2 Å². The van der Waals surface area contributed by atoms with Gasteiger partial charge in [-0.1, -0.05) is 19.9 Å². The molecule has 0 radical (unpaired) electrons. The lowest BCUT2D eigenvalue weighted by Crippen LogP contribution is -2.61. The maximum absolute atomic E-state index is 12.1. The molecule has 2 N–H and O–H groups in total. The van der Waals surface area contributed by atoms with Gasteiger partial charge in [-0.3, -0.25) is 4.79 Å². The molecule has 1 aromatic rings. The lowest BCUT2D eigenvalue weighted by Gasteiger charge is -2.49. The Hall–Kier alpha value is -1.35. The molecule has 0 aliphatic heterocycles. The Balaban J connectivity index is 2.07. The minimum atomic E-state index is -0.317. The predicted octanol–water partition coefficient (Wildman–Crippen LogP) is 2.19. The van der Waals surface area contributed by atoms with E-state index in [1.807, 2.05) is 45.9 Å². The van der Waals surface area contributed by atoms with Gasteiger partial charge in [0.05, 0.1) is 6.10 Å². The van der Waals surface area contributed by atoms with Crippen LogP contribution in [0.25, 0.3) is 0 Å². The molecule has 1 fully saturated rings. The quantitative estimate of drug-likeness (QED) is 0.841. The maximum Gasteiger partial charge on any atom is 0.251 e. The molecule has 0 bridgehead atoms. The average Bonchev–Trinajstić information content (AvgIpc) is 2.32. The van der Waals surface area contributed by atoms with Gasteiger partial charge in [0.2, 0.25) is 0 Å². The summed E-state index contributed by atoms with van der Waals surface area (Å²) in [6.07, 6.45) is 0.325. The Kier molecular flexibility index (Phi) is 3.20. The van der Waals surface area contributed by atoms with Crippen LogP contribution in [-0.2, 0) is 0 Å². The molecule has 98 valence electrons. The second kappa shape index (κ2) is 4.39. The highest BCUT2D eigenvalue weighted by Gasteiger charge is 2.47. The Bertz CT molecular complexity index is 479. The Labute approximate surface area is 108 Å². The first kappa shape index (κ1) is 13.1. The molecule has 2 unspecified atom stereocenters. The van der Waals surface area contributed by atoms with Crippen LogP contribution in [0.5, 0.6) is 0 Å². The molecule has 2 atom stereocenters. The Morgan fingerprint density at radius 3 is 2.50 bits per heavy atom. The van der Waals surface area contributed by atoms with Crippen molar-refractivity contribution in [2.75, 3.05) is 0 Å². The number of carbonyl (C=O) groups is 1. The number of aliphatic hydroxyl groups is 1. The molecule has 1 aliphatic carbocycles. The highest BCUT2D eigenvalue weighted by Crippen LogP contribution is 2.40. The number of hydrogen-bond acceptors (Lipinski definition) is 2. The van der Waals surface area contributed by atoms with Crippen molar-refractivity contribution in [2.24, 2.45) is 5.41 Å². The van der Waals surface area contributed by atoms with Gasteiger partial charge < -0.3 is 10.4 Å². The van der Waals surface area contributed by atoms with Crippen molar-refractivity contribution in [1.82, 2.24) is 5.32 Å². The zero-order valence-electron chi connectivity index (χ0n) is 11.4. The molecule has 3 heteroatoms. The molecule has 0 saturated heterocycles. The molecule has 1 saturated carbocycles. The Morgan fingerprint density at radius 1 is 1.33 bits per heavy atom. The number of rotatable bonds is 2. The van der Waals surface area contributed by atoms with E-state index in [2.05, 4.69) is 5.32 Å². The fourth-order valence-electron chi connectivity index (χ4n) is 2.27. The topological polar surface area (TPSA) is 49.3 Å². The van der Waals surface area contributed by atoms with E-state index in [0.29, 0.717) is 12.0 Å². The number of benzene rings is 1. The maximum atomic E-state index is 12.1. The molecule has 1 amide bonds. The van der Waals surface area contributed by atoms with Crippen molar-refractivity contribution in [1.29, 1.82) is 0 Å². The van der Waals surface area contributed by atoms with E-state index in [1.165, 1.54) is 5.56 Å². The molecule has 2 rings (SSSR count). The van der Waals surface area contributed by atoms with Gasteiger partial charge in [-0.25, -0.2) is 0 Å². The number of amides is 1. The second-order valence-electron chi connectivity index (χ2n) is 5.90. The summed E-state index contributed by atoms with van der Waals surface area (Å²) in [5, 5.41) is 12.7. The monoisotopic (exact) mass is 247 g/mol.